The Bertz CT molecular complexity index is 477. The highest BCUT2D eigenvalue weighted by Gasteiger charge is 2.17. The van der Waals surface area contributed by atoms with Gasteiger partial charge in [-0.3, -0.25) is 4.79 Å². The fourth-order valence-corrected chi connectivity index (χ4v) is 2.45. The topological polar surface area (TPSA) is 49.3 Å². The Hall–Kier alpha value is -1.49. The lowest BCUT2D eigenvalue weighted by Gasteiger charge is -2.16. The second-order valence-corrected chi connectivity index (χ2v) is 5.19. The molecule has 0 saturated carbocycles. The van der Waals surface area contributed by atoms with E-state index in [0.717, 1.165) is 18.4 Å². The van der Waals surface area contributed by atoms with Crippen molar-refractivity contribution in [1.29, 1.82) is 0 Å². The predicted octanol–water partition coefficient (Wildman–Crippen LogP) is 1.85. The van der Waals surface area contributed by atoms with Crippen LogP contribution in [0.15, 0.2) is 18.2 Å². The quantitative estimate of drug-likeness (QED) is 0.866. The molecule has 1 unspecified atom stereocenters. The molecule has 0 heterocycles. The molecule has 1 atom stereocenters. The molecule has 0 aromatic heterocycles. The Morgan fingerprint density at radius 3 is 2.65 bits per heavy atom. The zero-order valence-electron chi connectivity index (χ0n) is 11.2. The van der Waals surface area contributed by atoms with Gasteiger partial charge in [-0.15, -0.1) is 0 Å². The highest BCUT2D eigenvalue weighted by atomic mass is 19.3. The van der Waals surface area contributed by atoms with E-state index in [2.05, 4.69) is 5.32 Å². The molecule has 1 aromatic carbocycles. The highest BCUT2D eigenvalue weighted by molar-refractivity contribution is 5.78. The second kappa shape index (κ2) is 6.79. The van der Waals surface area contributed by atoms with Crippen LogP contribution in [0.4, 0.5) is 8.78 Å². The van der Waals surface area contributed by atoms with Crippen molar-refractivity contribution in [3.8, 4) is 0 Å². The van der Waals surface area contributed by atoms with Gasteiger partial charge in [-0.25, -0.2) is 8.78 Å². The number of aliphatic hydroxyl groups excluding tert-OH is 1. The summed E-state index contributed by atoms with van der Waals surface area (Å²) in [6, 6.07) is 5.98. The van der Waals surface area contributed by atoms with Crippen molar-refractivity contribution in [3.63, 3.8) is 0 Å². The molecule has 0 aliphatic heterocycles. The summed E-state index contributed by atoms with van der Waals surface area (Å²) in [6.07, 6.45) is 0.0174. The lowest BCUT2D eigenvalue weighted by molar-refractivity contribution is -0.121. The van der Waals surface area contributed by atoms with Crippen molar-refractivity contribution in [2.45, 2.75) is 44.6 Å². The molecule has 2 N–H and O–H groups in total. The summed E-state index contributed by atoms with van der Waals surface area (Å²) in [7, 11) is 0. The smallest absolute Gasteiger partial charge is 0.265 e. The van der Waals surface area contributed by atoms with E-state index >= 15 is 0 Å². The molecule has 1 aromatic rings. The van der Waals surface area contributed by atoms with Gasteiger partial charge in [0.25, 0.3) is 6.43 Å². The number of hydrogen-bond acceptors (Lipinski definition) is 2. The molecule has 0 fully saturated rings. The highest BCUT2D eigenvalue weighted by Crippen LogP contribution is 2.22. The fraction of sp³-hybridized carbons (Fsp3) is 0.533. The van der Waals surface area contributed by atoms with Crippen LogP contribution in [0, 0.1) is 0 Å². The minimum Gasteiger partial charge on any atom is -0.385 e. The van der Waals surface area contributed by atoms with Gasteiger partial charge >= 0.3 is 0 Å². The Morgan fingerprint density at radius 1 is 1.25 bits per heavy atom. The number of rotatable bonds is 5. The maximum atomic E-state index is 12.1. The second-order valence-electron chi connectivity index (χ2n) is 5.19. The number of carbonyl (C=O) groups is 1. The maximum Gasteiger partial charge on any atom is 0.265 e. The molecular weight excluding hydrogens is 264 g/mol. The van der Waals surface area contributed by atoms with E-state index in [0.29, 0.717) is 0 Å². The molecule has 1 aliphatic carbocycles. The first-order valence-corrected chi connectivity index (χ1v) is 6.90. The zero-order valence-corrected chi connectivity index (χ0v) is 11.2. The Morgan fingerprint density at radius 2 is 1.95 bits per heavy atom. The van der Waals surface area contributed by atoms with E-state index in [1.54, 1.807) is 0 Å². The first-order chi connectivity index (χ1) is 9.56. The largest absolute Gasteiger partial charge is 0.385 e. The van der Waals surface area contributed by atoms with Crippen molar-refractivity contribution >= 4 is 5.91 Å². The summed E-state index contributed by atoms with van der Waals surface area (Å²) in [5.74, 6) is -0.347. The van der Waals surface area contributed by atoms with Crippen LogP contribution in [0.25, 0.3) is 0 Å². The summed E-state index contributed by atoms with van der Waals surface area (Å²) in [4.78, 5) is 11.6. The average molecular weight is 283 g/mol. The third-order valence-corrected chi connectivity index (χ3v) is 3.58. The van der Waals surface area contributed by atoms with Crippen LogP contribution in [0.3, 0.4) is 0 Å². The molecule has 0 saturated heterocycles. The zero-order chi connectivity index (χ0) is 14.5. The normalized spacial score (nSPS) is 15.8. The Kier molecular flexibility index (Phi) is 5.06. The van der Waals surface area contributed by atoms with Crippen molar-refractivity contribution < 1.29 is 18.7 Å². The molecule has 0 radical (unpaired) electrons. The number of carbonyl (C=O) groups excluding carboxylic acids is 1. The van der Waals surface area contributed by atoms with E-state index in [9.17, 15) is 13.6 Å². The van der Waals surface area contributed by atoms with Crippen molar-refractivity contribution in [2.24, 2.45) is 0 Å². The third-order valence-electron chi connectivity index (χ3n) is 3.58. The summed E-state index contributed by atoms with van der Waals surface area (Å²) >= 11 is 0. The number of benzene rings is 1. The first kappa shape index (κ1) is 14.9. The fourth-order valence-electron chi connectivity index (χ4n) is 2.45. The van der Waals surface area contributed by atoms with E-state index in [4.69, 9.17) is 5.11 Å². The Balaban J connectivity index is 1.88. The van der Waals surface area contributed by atoms with Crippen LogP contribution in [0.5, 0.6) is 0 Å². The van der Waals surface area contributed by atoms with Gasteiger partial charge in [0.2, 0.25) is 5.91 Å². The Labute approximate surface area is 117 Å². The number of amides is 1. The molecule has 110 valence electrons. The molecule has 1 aliphatic rings. The van der Waals surface area contributed by atoms with Gasteiger partial charge in [0.1, 0.15) is 6.10 Å². The standard InChI is InChI=1S/C15H19F2NO2/c16-15(17)13(19)9-18-14(20)8-10-5-6-11-3-1-2-4-12(11)7-10/h5-7,13,15,19H,1-4,8-9H2,(H,18,20). The minimum atomic E-state index is -2.83. The average Bonchev–Trinajstić information content (AvgIpc) is 2.44. The molecule has 2 rings (SSSR count). The molecule has 0 spiro atoms. The van der Waals surface area contributed by atoms with Crippen molar-refractivity contribution in [1.82, 2.24) is 5.32 Å². The van der Waals surface area contributed by atoms with Crippen molar-refractivity contribution in [2.75, 3.05) is 6.54 Å². The molecule has 0 bridgehead atoms. The van der Waals surface area contributed by atoms with Gasteiger partial charge in [-0.2, -0.15) is 0 Å². The van der Waals surface area contributed by atoms with Crippen LogP contribution in [-0.4, -0.2) is 30.1 Å². The number of aryl methyl sites for hydroxylation is 2. The van der Waals surface area contributed by atoms with Crippen molar-refractivity contribution in [3.05, 3.63) is 34.9 Å². The van der Waals surface area contributed by atoms with Crippen LogP contribution in [0.2, 0.25) is 0 Å². The SMILES string of the molecule is O=C(Cc1ccc2c(c1)CCCC2)NCC(O)C(F)F. The van der Waals surface area contributed by atoms with Crippen LogP contribution < -0.4 is 5.32 Å². The summed E-state index contributed by atoms with van der Waals surface area (Å²) in [5.41, 5.74) is 3.51. The number of aliphatic hydroxyl groups is 1. The van der Waals surface area contributed by atoms with Gasteiger partial charge in [-0.05, 0) is 42.4 Å². The van der Waals surface area contributed by atoms with Crippen LogP contribution >= 0.6 is 0 Å². The van der Waals surface area contributed by atoms with Gasteiger partial charge in [0, 0.05) is 6.54 Å². The van der Waals surface area contributed by atoms with Gasteiger partial charge in [-0.1, -0.05) is 18.2 Å². The number of fused-ring (bicyclic) bond motifs is 1. The number of hydrogen-bond donors (Lipinski definition) is 2. The summed E-state index contributed by atoms with van der Waals surface area (Å²) < 4.78 is 24.2. The van der Waals surface area contributed by atoms with E-state index in [-0.39, 0.29) is 12.3 Å². The van der Waals surface area contributed by atoms with Crippen LogP contribution in [0.1, 0.15) is 29.5 Å². The lowest BCUT2D eigenvalue weighted by Crippen LogP contribution is -2.36. The molecule has 1 amide bonds. The maximum absolute atomic E-state index is 12.1. The van der Waals surface area contributed by atoms with E-state index in [1.807, 2.05) is 18.2 Å². The molecule has 5 heteroatoms. The first-order valence-electron chi connectivity index (χ1n) is 6.90. The number of nitrogens with one attached hydrogen (secondary N) is 1. The molecular formula is C15H19F2NO2. The molecule has 3 nitrogen and oxygen atoms in total. The minimum absolute atomic E-state index is 0.156. The summed E-state index contributed by atoms with van der Waals surface area (Å²) in [6.45, 7) is -0.415. The lowest BCUT2D eigenvalue weighted by atomic mass is 9.90. The predicted molar refractivity (Wildman–Crippen MR) is 71.8 cm³/mol. The summed E-state index contributed by atoms with van der Waals surface area (Å²) in [5, 5.41) is 11.3. The monoisotopic (exact) mass is 283 g/mol. The number of alkyl halides is 2. The van der Waals surface area contributed by atoms with Gasteiger partial charge < -0.3 is 10.4 Å². The van der Waals surface area contributed by atoms with Crippen LogP contribution in [-0.2, 0) is 24.1 Å². The van der Waals surface area contributed by atoms with E-state index in [1.165, 1.54) is 24.0 Å². The van der Waals surface area contributed by atoms with Gasteiger partial charge in [0.05, 0.1) is 6.42 Å². The number of halogens is 2. The third kappa shape index (κ3) is 4.00. The van der Waals surface area contributed by atoms with Gasteiger partial charge in [0.15, 0.2) is 0 Å². The van der Waals surface area contributed by atoms with E-state index < -0.39 is 19.1 Å². The molecule has 20 heavy (non-hydrogen) atoms.